The number of hydrogen-bond acceptors (Lipinski definition) is 8. The van der Waals surface area contributed by atoms with Crippen LogP contribution in [0.2, 0.25) is 0 Å². The molecule has 1 aliphatic heterocycles. The molecular weight excluding hydrogens is 446 g/mol. The van der Waals surface area contributed by atoms with Gasteiger partial charge in [0.1, 0.15) is 11.8 Å². The van der Waals surface area contributed by atoms with Crippen LogP contribution in [-0.4, -0.2) is 49.1 Å². The number of sulfonamides is 1. The molecule has 0 radical (unpaired) electrons. The number of alkyl carbamates (subject to hydrolysis) is 1. The topological polar surface area (TPSA) is 134 Å². The van der Waals surface area contributed by atoms with Crippen molar-refractivity contribution in [3.63, 3.8) is 0 Å². The van der Waals surface area contributed by atoms with Crippen molar-refractivity contribution < 1.29 is 32.7 Å². The predicted molar refractivity (Wildman–Crippen MR) is 111 cm³/mol. The van der Waals surface area contributed by atoms with E-state index >= 15 is 0 Å². The van der Waals surface area contributed by atoms with Crippen molar-refractivity contribution in [2.24, 2.45) is 0 Å². The van der Waals surface area contributed by atoms with Gasteiger partial charge in [0.2, 0.25) is 10.0 Å². The summed E-state index contributed by atoms with van der Waals surface area (Å²) in [6.07, 6.45) is -2.05. The van der Waals surface area contributed by atoms with E-state index in [0.717, 1.165) is 4.31 Å². The molecule has 0 aliphatic carbocycles. The molecule has 2 unspecified atom stereocenters. The maximum absolute atomic E-state index is 13.4. The molecule has 3 N–H and O–H groups in total. The summed E-state index contributed by atoms with van der Waals surface area (Å²) in [6, 6.07) is 5.64. The highest BCUT2D eigenvalue weighted by Crippen LogP contribution is 2.40. The molecule has 1 aliphatic rings. The van der Waals surface area contributed by atoms with Gasteiger partial charge in [-0.05, 0) is 55.1 Å². The Hall–Kier alpha value is -2.67. The summed E-state index contributed by atoms with van der Waals surface area (Å²) in [5.41, 5.74) is 2.10. The van der Waals surface area contributed by atoms with Crippen LogP contribution < -0.4 is 15.5 Å². The van der Waals surface area contributed by atoms with Crippen LogP contribution in [0.4, 0.5) is 4.79 Å². The van der Waals surface area contributed by atoms with Crippen molar-refractivity contribution in [1.29, 1.82) is 0 Å². The zero-order chi connectivity index (χ0) is 22.8. The van der Waals surface area contributed by atoms with E-state index in [9.17, 15) is 23.2 Å². The number of nitrogens with zero attached hydrogens (tertiary/aromatic N) is 1. The lowest BCUT2D eigenvalue weighted by Crippen LogP contribution is -2.55. The first-order valence-electron chi connectivity index (χ1n) is 9.32. The van der Waals surface area contributed by atoms with Crippen LogP contribution in [0.25, 0.3) is 0 Å². The number of amides is 2. The molecule has 10 nitrogen and oxygen atoms in total. The molecule has 1 aromatic heterocycles. The van der Waals surface area contributed by atoms with E-state index < -0.39 is 34.2 Å². The fraction of sp³-hybridized carbons (Fsp3) is 0.368. The minimum atomic E-state index is -4.20. The molecule has 31 heavy (non-hydrogen) atoms. The van der Waals surface area contributed by atoms with Crippen LogP contribution in [0.5, 0.6) is 5.75 Å². The van der Waals surface area contributed by atoms with E-state index in [1.54, 1.807) is 25.3 Å². The number of methoxy groups -OCH3 is 1. The van der Waals surface area contributed by atoms with Gasteiger partial charge < -0.3 is 14.8 Å². The van der Waals surface area contributed by atoms with E-state index in [2.05, 4.69) is 5.32 Å². The molecule has 1 aromatic carbocycles. The molecule has 0 bridgehead atoms. The lowest BCUT2D eigenvalue weighted by atomic mass is 10.0. The van der Waals surface area contributed by atoms with E-state index in [1.165, 1.54) is 48.2 Å². The normalized spacial score (nSPS) is 18.9. The Morgan fingerprint density at radius 3 is 2.48 bits per heavy atom. The number of thiophene rings is 1. The fourth-order valence-electron chi connectivity index (χ4n) is 3.24. The van der Waals surface area contributed by atoms with Crippen LogP contribution in [0, 0.1) is 0 Å². The minimum absolute atomic E-state index is 0.0758. The summed E-state index contributed by atoms with van der Waals surface area (Å²) in [4.78, 5) is 25.4. The molecule has 0 saturated heterocycles. The quantitative estimate of drug-likeness (QED) is 0.435. The molecule has 0 saturated carbocycles. The van der Waals surface area contributed by atoms with Gasteiger partial charge in [0.05, 0.1) is 16.9 Å². The van der Waals surface area contributed by atoms with Crippen LogP contribution in [0.1, 0.15) is 30.4 Å². The van der Waals surface area contributed by atoms with Crippen molar-refractivity contribution in [1.82, 2.24) is 15.1 Å². The summed E-state index contributed by atoms with van der Waals surface area (Å²) >= 11 is 1.23. The fourth-order valence-corrected chi connectivity index (χ4v) is 5.78. The molecular formula is C19H23N3O7S2. The maximum Gasteiger partial charge on any atom is 0.408 e. The SMILES string of the molecule is COc1ccc(S(=O)(=O)N2Cc3ccsc3C(OC(=O)NC(C)C)C2C(=O)NO)cc1. The van der Waals surface area contributed by atoms with Crippen molar-refractivity contribution >= 4 is 33.4 Å². The van der Waals surface area contributed by atoms with Crippen molar-refractivity contribution in [3.05, 3.63) is 46.2 Å². The van der Waals surface area contributed by atoms with E-state index in [1.807, 2.05) is 0 Å². The standard InChI is InChI=1S/C19H23N3O7S2/c1-11(2)20-19(24)29-16-15(18(23)21-25)22(10-12-8-9-30-17(12)16)31(26,27)14-6-4-13(28-3)5-7-14/h4-9,11,15-16,25H,10H2,1-3H3,(H,20,24)(H,21,23). The second kappa shape index (κ2) is 9.22. The van der Waals surface area contributed by atoms with Crippen molar-refractivity contribution in [2.45, 2.75) is 43.5 Å². The maximum atomic E-state index is 13.4. The van der Waals surface area contributed by atoms with Crippen molar-refractivity contribution in [3.8, 4) is 5.75 Å². The zero-order valence-corrected chi connectivity index (χ0v) is 18.7. The average molecular weight is 470 g/mol. The highest BCUT2D eigenvalue weighted by atomic mass is 32.2. The first-order chi connectivity index (χ1) is 14.7. The van der Waals surface area contributed by atoms with Crippen LogP contribution in [0.15, 0.2) is 40.6 Å². The van der Waals surface area contributed by atoms with Gasteiger partial charge in [0, 0.05) is 12.6 Å². The molecule has 168 valence electrons. The molecule has 0 fully saturated rings. The summed E-state index contributed by atoms with van der Waals surface area (Å²) in [5, 5.41) is 13.6. The lowest BCUT2D eigenvalue weighted by Gasteiger charge is -2.38. The molecule has 2 amide bonds. The molecule has 0 spiro atoms. The largest absolute Gasteiger partial charge is 0.497 e. The van der Waals surface area contributed by atoms with E-state index in [4.69, 9.17) is 9.47 Å². The molecule has 3 rings (SSSR count). The number of carbonyl (C=O) groups excluding carboxylic acids is 2. The number of benzene rings is 1. The van der Waals surface area contributed by atoms with Gasteiger partial charge in [-0.1, -0.05) is 0 Å². The number of carbonyl (C=O) groups is 2. The summed E-state index contributed by atoms with van der Waals surface area (Å²) in [6.45, 7) is 3.34. The Balaban J connectivity index is 2.06. The second-order valence-electron chi connectivity index (χ2n) is 7.08. The average Bonchev–Trinajstić information content (AvgIpc) is 3.21. The number of ether oxygens (including phenoxy) is 2. The van der Waals surface area contributed by atoms with E-state index in [-0.39, 0.29) is 17.5 Å². The minimum Gasteiger partial charge on any atom is -0.497 e. The Bertz CT molecular complexity index is 1050. The zero-order valence-electron chi connectivity index (χ0n) is 17.1. The van der Waals surface area contributed by atoms with Crippen molar-refractivity contribution in [2.75, 3.05) is 7.11 Å². The number of nitrogens with one attached hydrogen (secondary N) is 2. The predicted octanol–water partition coefficient (Wildman–Crippen LogP) is 2.01. The highest BCUT2D eigenvalue weighted by molar-refractivity contribution is 7.89. The number of rotatable bonds is 6. The number of hydrogen-bond donors (Lipinski definition) is 3. The number of hydroxylamine groups is 1. The summed E-state index contributed by atoms with van der Waals surface area (Å²) in [5.74, 6) is -0.549. The lowest BCUT2D eigenvalue weighted by molar-refractivity contribution is -0.137. The molecule has 2 heterocycles. The van der Waals surface area contributed by atoms with Crippen LogP contribution in [-0.2, 0) is 26.1 Å². The third-order valence-electron chi connectivity index (χ3n) is 4.65. The first kappa shape index (κ1) is 23.0. The van der Waals surface area contributed by atoms with Gasteiger partial charge >= 0.3 is 6.09 Å². The van der Waals surface area contributed by atoms with Gasteiger partial charge in [-0.3, -0.25) is 10.0 Å². The Morgan fingerprint density at radius 1 is 1.23 bits per heavy atom. The van der Waals surface area contributed by atoms with Gasteiger partial charge in [-0.25, -0.2) is 18.7 Å². The monoisotopic (exact) mass is 469 g/mol. The number of fused-ring (bicyclic) bond motifs is 1. The second-order valence-corrected chi connectivity index (χ2v) is 9.92. The smallest absolute Gasteiger partial charge is 0.408 e. The first-order valence-corrected chi connectivity index (χ1v) is 11.6. The molecule has 12 heteroatoms. The van der Waals surface area contributed by atoms with Crippen LogP contribution >= 0.6 is 11.3 Å². The highest BCUT2D eigenvalue weighted by Gasteiger charge is 2.48. The third kappa shape index (κ3) is 4.66. The Labute approximate surface area is 183 Å². The van der Waals surface area contributed by atoms with Gasteiger partial charge in [0.15, 0.2) is 6.10 Å². The van der Waals surface area contributed by atoms with Gasteiger partial charge in [-0.2, -0.15) is 4.31 Å². The third-order valence-corrected chi connectivity index (χ3v) is 7.51. The summed E-state index contributed by atoms with van der Waals surface area (Å²) in [7, 11) is -2.75. The van der Waals surface area contributed by atoms with Crippen LogP contribution in [0.3, 0.4) is 0 Å². The van der Waals surface area contributed by atoms with Gasteiger partial charge in [0.25, 0.3) is 5.91 Å². The molecule has 2 aromatic rings. The summed E-state index contributed by atoms with van der Waals surface area (Å²) < 4.78 is 38.3. The molecule has 2 atom stereocenters. The Kier molecular flexibility index (Phi) is 6.84. The Morgan fingerprint density at radius 2 is 1.90 bits per heavy atom. The van der Waals surface area contributed by atoms with Gasteiger partial charge in [-0.15, -0.1) is 11.3 Å². The van der Waals surface area contributed by atoms with E-state index in [0.29, 0.717) is 16.2 Å².